The number of carbonyl (C=O) groups is 1. The van der Waals surface area contributed by atoms with Crippen molar-refractivity contribution in [3.63, 3.8) is 0 Å². The largest absolute Gasteiger partial charge is 0.474 e. The van der Waals surface area contributed by atoms with Crippen LogP contribution < -0.4 is 15.4 Å². The molecule has 13 heteroatoms. The summed E-state index contributed by atoms with van der Waals surface area (Å²) in [6, 6.07) is 5.37. The Labute approximate surface area is 235 Å². The highest BCUT2D eigenvalue weighted by Crippen LogP contribution is 2.48. The topological polar surface area (TPSA) is 115 Å². The third-order valence-electron chi connectivity index (χ3n) is 8.36. The van der Waals surface area contributed by atoms with E-state index in [-0.39, 0.29) is 49.8 Å². The van der Waals surface area contributed by atoms with Gasteiger partial charge in [-0.3, -0.25) is 4.79 Å². The van der Waals surface area contributed by atoms with E-state index in [9.17, 15) is 18.0 Å². The average Bonchev–Trinajstić information content (AvgIpc) is 3.25. The van der Waals surface area contributed by atoms with E-state index in [0.717, 1.165) is 5.56 Å². The molecule has 2 atom stereocenters. The third kappa shape index (κ3) is 5.46. The molecule has 2 aliphatic heterocycles. The Bertz CT molecular complexity index is 1420. The Morgan fingerprint density at radius 1 is 1.07 bits per heavy atom. The Morgan fingerprint density at radius 3 is 2.34 bits per heavy atom. The van der Waals surface area contributed by atoms with E-state index in [0.29, 0.717) is 42.0 Å². The molecule has 3 fully saturated rings. The average molecular weight is 571 g/mol. The fraction of sp³-hybridized carbons (Fsp3) is 0.536. The molecule has 1 amide bonds. The van der Waals surface area contributed by atoms with Crippen molar-refractivity contribution in [2.45, 2.75) is 51.4 Å². The molecule has 3 aromatic rings. The van der Waals surface area contributed by atoms with Crippen molar-refractivity contribution in [2.24, 2.45) is 23.5 Å². The smallest absolute Gasteiger partial charge is 0.391 e. The molecule has 1 saturated carbocycles. The Balaban J connectivity index is 1.12. The zero-order chi connectivity index (χ0) is 29.1. The Morgan fingerprint density at radius 2 is 1.73 bits per heavy atom. The number of nitrogens with two attached hydrogens (primary N) is 1. The molecular weight excluding hydrogens is 537 g/mol. The zero-order valence-corrected chi connectivity index (χ0v) is 23.2. The number of alkyl halides is 3. The highest BCUT2D eigenvalue weighted by Gasteiger charge is 2.59. The van der Waals surface area contributed by atoms with Gasteiger partial charge in [0.25, 0.3) is 5.91 Å². The highest BCUT2D eigenvalue weighted by molar-refractivity contribution is 5.95. The lowest BCUT2D eigenvalue weighted by Gasteiger charge is -2.34. The number of halogens is 3. The second kappa shape index (κ2) is 9.97. The van der Waals surface area contributed by atoms with Crippen LogP contribution in [0.3, 0.4) is 0 Å². The van der Waals surface area contributed by atoms with Crippen LogP contribution in [0, 0.1) is 24.7 Å². The Kier molecular flexibility index (Phi) is 6.67. The van der Waals surface area contributed by atoms with E-state index in [1.54, 1.807) is 31.6 Å². The fourth-order valence-electron chi connectivity index (χ4n) is 5.83. The maximum atomic E-state index is 13.3. The number of anilines is 1. The number of fused-ring (bicyclic) bond motifs is 1. The van der Waals surface area contributed by atoms with Crippen LogP contribution >= 0.6 is 0 Å². The van der Waals surface area contributed by atoms with Gasteiger partial charge in [-0.05, 0) is 51.3 Å². The van der Waals surface area contributed by atoms with Gasteiger partial charge >= 0.3 is 6.18 Å². The van der Waals surface area contributed by atoms with E-state index in [4.69, 9.17) is 10.5 Å². The summed E-state index contributed by atoms with van der Waals surface area (Å²) >= 11 is 0. The summed E-state index contributed by atoms with van der Waals surface area (Å²) in [7, 11) is 0. The first-order chi connectivity index (χ1) is 19.4. The van der Waals surface area contributed by atoms with Gasteiger partial charge in [0.15, 0.2) is 0 Å². The van der Waals surface area contributed by atoms with Crippen LogP contribution in [0.25, 0.3) is 5.95 Å². The molecule has 2 N–H and O–H groups in total. The number of likely N-dealkylation sites (tertiary alicyclic amines) is 1. The number of pyridine rings is 1. The summed E-state index contributed by atoms with van der Waals surface area (Å²) in [6.07, 6.45) is 0.695. The van der Waals surface area contributed by atoms with Gasteiger partial charge in [0.1, 0.15) is 11.9 Å². The molecule has 3 aromatic heterocycles. The molecule has 5 heterocycles. The predicted molar refractivity (Wildman–Crippen MR) is 144 cm³/mol. The maximum Gasteiger partial charge on any atom is 0.391 e. The first kappa shape index (κ1) is 27.4. The van der Waals surface area contributed by atoms with Gasteiger partial charge in [-0.2, -0.15) is 23.3 Å². The van der Waals surface area contributed by atoms with Crippen molar-refractivity contribution in [3.05, 3.63) is 53.6 Å². The summed E-state index contributed by atoms with van der Waals surface area (Å²) in [5.41, 5.74) is 7.62. The molecule has 6 rings (SSSR count). The monoisotopic (exact) mass is 570 g/mol. The highest BCUT2D eigenvalue weighted by atomic mass is 19.4. The summed E-state index contributed by atoms with van der Waals surface area (Å²) in [5.74, 6) is 0.352. The van der Waals surface area contributed by atoms with Gasteiger partial charge < -0.3 is 20.3 Å². The van der Waals surface area contributed by atoms with E-state index < -0.39 is 17.6 Å². The quantitative estimate of drug-likeness (QED) is 0.479. The van der Waals surface area contributed by atoms with Gasteiger partial charge in [0.2, 0.25) is 11.8 Å². The number of aryl methyl sites for hydroxylation is 1. The number of nitrogens with zero attached hydrogens (tertiary/aromatic N) is 7. The van der Waals surface area contributed by atoms with Gasteiger partial charge in [-0.1, -0.05) is 0 Å². The van der Waals surface area contributed by atoms with Crippen LogP contribution in [-0.4, -0.2) is 74.0 Å². The van der Waals surface area contributed by atoms with Crippen LogP contribution in [0.15, 0.2) is 36.8 Å². The lowest BCUT2D eigenvalue weighted by Crippen LogP contribution is -2.39. The summed E-state index contributed by atoms with van der Waals surface area (Å²) in [6.45, 7) is 7.17. The number of amides is 1. The minimum Gasteiger partial charge on any atom is -0.474 e. The molecule has 0 radical (unpaired) electrons. The minimum atomic E-state index is -4.18. The SMILES string of the molecule is Cc1nn(-c2ncccn2)cc1C(=O)N1CC2C(C1)C2Oc1cc(C(C)(C)N)cc(N2CCC(C(F)(F)F)CC2)n1. The van der Waals surface area contributed by atoms with E-state index in [1.165, 1.54) is 4.68 Å². The van der Waals surface area contributed by atoms with Gasteiger partial charge in [0.05, 0.1) is 17.2 Å². The number of carbonyl (C=O) groups excluding carboxylic acids is 1. The predicted octanol–water partition coefficient (Wildman–Crippen LogP) is 3.49. The van der Waals surface area contributed by atoms with Crippen molar-refractivity contribution in [2.75, 3.05) is 31.1 Å². The van der Waals surface area contributed by atoms with E-state index in [1.807, 2.05) is 35.8 Å². The van der Waals surface area contributed by atoms with Crippen LogP contribution in [0.2, 0.25) is 0 Å². The van der Waals surface area contributed by atoms with E-state index in [2.05, 4.69) is 20.1 Å². The number of piperidine rings is 2. The lowest BCUT2D eigenvalue weighted by molar-refractivity contribution is -0.179. The molecule has 2 unspecified atom stereocenters. The molecule has 10 nitrogen and oxygen atoms in total. The molecule has 1 aliphatic carbocycles. The normalized spacial score (nSPS) is 23.0. The van der Waals surface area contributed by atoms with Gasteiger partial charge in [0, 0.05) is 68.2 Å². The third-order valence-corrected chi connectivity index (χ3v) is 8.36. The fourth-order valence-corrected chi connectivity index (χ4v) is 5.83. The molecule has 2 saturated heterocycles. The lowest BCUT2D eigenvalue weighted by atomic mass is 9.94. The van der Waals surface area contributed by atoms with Gasteiger partial charge in [-0.25, -0.2) is 14.6 Å². The second-order valence-electron chi connectivity index (χ2n) is 11.8. The van der Waals surface area contributed by atoms with Crippen molar-refractivity contribution in [1.29, 1.82) is 0 Å². The number of ether oxygens (including phenoxy) is 1. The molecule has 0 aromatic carbocycles. The molecular formula is C28H33F3N8O2. The first-order valence-electron chi connectivity index (χ1n) is 13.8. The molecule has 3 aliphatic rings. The second-order valence-corrected chi connectivity index (χ2v) is 11.8. The summed E-state index contributed by atoms with van der Waals surface area (Å²) in [4.78, 5) is 30.0. The van der Waals surface area contributed by atoms with E-state index >= 15 is 0 Å². The molecule has 0 spiro atoms. The minimum absolute atomic E-state index is 0.0327. The van der Waals surface area contributed by atoms with Crippen LogP contribution in [0.4, 0.5) is 19.0 Å². The maximum absolute atomic E-state index is 13.3. The molecule has 0 bridgehead atoms. The van der Waals surface area contributed by atoms with Crippen LogP contribution in [0.5, 0.6) is 5.88 Å². The van der Waals surface area contributed by atoms with Crippen molar-refractivity contribution in [1.82, 2.24) is 29.6 Å². The Hall–Kier alpha value is -3.74. The number of hydrogen-bond donors (Lipinski definition) is 1. The summed E-state index contributed by atoms with van der Waals surface area (Å²) in [5, 5.41) is 4.41. The summed E-state index contributed by atoms with van der Waals surface area (Å²) < 4.78 is 47.4. The standard InChI is InChI=1S/C28H33F3N8O2/c1-16-19(15-39(36-16)26-33-7-4-8-34-26)25(40)38-13-20-21(14-38)24(20)41-23-12-18(27(2,3)32)11-22(35-23)37-9-5-17(6-10-37)28(29,30)31/h4,7-8,11-12,15,17,20-21,24H,5-6,9-10,13-14,32H2,1-3H3. The van der Waals surface area contributed by atoms with Crippen molar-refractivity contribution in [3.8, 4) is 11.8 Å². The molecule has 41 heavy (non-hydrogen) atoms. The van der Waals surface area contributed by atoms with Crippen molar-refractivity contribution >= 4 is 11.7 Å². The number of hydrogen-bond acceptors (Lipinski definition) is 8. The molecule has 218 valence electrons. The number of rotatable bonds is 6. The van der Waals surface area contributed by atoms with Crippen LogP contribution in [-0.2, 0) is 5.54 Å². The van der Waals surface area contributed by atoms with Crippen LogP contribution in [0.1, 0.15) is 48.3 Å². The first-order valence-corrected chi connectivity index (χ1v) is 13.8. The zero-order valence-electron chi connectivity index (χ0n) is 23.2. The van der Waals surface area contributed by atoms with Gasteiger partial charge in [-0.15, -0.1) is 0 Å². The number of aromatic nitrogens is 5. The van der Waals surface area contributed by atoms with Crippen molar-refractivity contribution < 1.29 is 22.7 Å².